The molecule has 0 aromatic heterocycles. The molecule has 1 saturated heterocycles. The van der Waals surface area contributed by atoms with Gasteiger partial charge in [-0.25, -0.2) is 8.78 Å². The van der Waals surface area contributed by atoms with E-state index in [4.69, 9.17) is 4.84 Å². The van der Waals surface area contributed by atoms with Crippen LogP contribution in [0.15, 0.2) is 67.3 Å². The summed E-state index contributed by atoms with van der Waals surface area (Å²) in [5.74, 6) is 0.145. The van der Waals surface area contributed by atoms with E-state index in [-0.39, 0.29) is 28.6 Å². The third-order valence-electron chi connectivity index (χ3n) is 8.50. The van der Waals surface area contributed by atoms with E-state index < -0.39 is 0 Å². The monoisotopic (exact) mass is 547 g/mol. The number of halogens is 2. The van der Waals surface area contributed by atoms with E-state index >= 15 is 8.78 Å². The van der Waals surface area contributed by atoms with Gasteiger partial charge in [0.2, 0.25) is 0 Å². The van der Waals surface area contributed by atoms with Crippen LogP contribution in [0.2, 0.25) is 0 Å². The zero-order valence-electron chi connectivity index (χ0n) is 25.1. The molecule has 2 aliphatic rings. The van der Waals surface area contributed by atoms with E-state index in [0.29, 0.717) is 29.2 Å². The van der Waals surface area contributed by atoms with Gasteiger partial charge in [0.05, 0.1) is 6.61 Å². The predicted octanol–water partition coefficient (Wildman–Crippen LogP) is 10.4. The Morgan fingerprint density at radius 1 is 0.975 bits per heavy atom. The van der Waals surface area contributed by atoms with Crippen molar-refractivity contribution in [1.29, 1.82) is 0 Å². The first kappa shape index (κ1) is 30.4. The van der Waals surface area contributed by atoms with Crippen LogP contribution >= 0.6 is 0 Å². The van der Waals surface area contributed by atoms with Crippen LogP contribution in [-0.4, -0.2) is 22.7 Å². The van der Waals surface area contributed by atoms with Crippen LogP contribution < -0.4 is 0 Å². The summed E-state index contributed by atoms with van der Waals surface area (Å²) in [7, 11) is 0. The first-order valence-electron chi connectivity index (χ1n) is 15.1. The molecule has 1 aliphatic heterocycles. The number of unbranched alkanes of at least 4 members (excludes halogenated alkanes) is 1. The summed E-state index contributed by atoms with van der Waals surface area (Å²) < 4.78 is 30.8. The van der Waals surface area contributed by atoms with Gasteiger partial charge in [0.15, 0.2) is 0 Å². The van der Waals surface area contributed by atoms with Gasteiger partial charge in [-0.15, -0.1) is 6.58 Å². The smallest absolute Gasteiger partial charge is 0.131 e. The molecule has 1 unspecified atom stereocenters. The second kappa shape index (κ2) is 13.0. The van der Waals surface area contributed by atoms with Crippen LogP contribution in [0.4, 0.5) is 8.78 Å². The van der Waals surface area contributed by atoms with Crippen molar-refractivity contribution in [2.45, 2.75) is 103 Å². The molecule has 0 amide bonds. The minimum atomic E-state index is -0.298. The molecule has 216 valence electrons. The molecule has 2 nitrogen and oxygen atoms in total. The van der Waals surface area contributed by atoms with E-state index in [1.54, 1.807) is 6.07 Å². The van der Waals surface area contributed by atoms with E-state index in [2.05, 4.69) is 64.5 Å². The minimum absolute atomic E-state index is 0.175. The van der Waals surface area contributed by atoms with Gasteiger partial charge in [-0.05, 0) is 120 Å². The Kier molecular flexibility index (Phi) is 9.85. The largest absolute Gasteiger partial charge is 0.298 e. The van der Waals surface area contributed by atoms with Crippen molar-refractivity contribution in [3.63, 3.8) is 0 Å². The Morgan fingerprint density at radius 2 is 1.68 bits per heavy atom. The molecular weight excluding hydrogens is 500 g/mol. The van der Waals surface area contributed by atoms with Crippen molar-refractivity contribution in [2.24, 2.45) is 5.92 Å². The summed E-state index contributed by atoms with van der Waals surface area (Å²) >= 11 is 0. The Bertz CT molecular complexity index is 1220. The lowest BCUT2D eigenvalue weighted by atomic mass is 9.72. The fourth-order valence-electron chi connectivity index (χ4n) is 6.77. The molecule has 1 fully saturated rings. The maximum absolute atomic E-state index is 15.5. The van der Waals surface area contributed by atoms with Gasteiger partial charge in [0.1, 0.15) is 11.6 Å². The molecule has 4 rings (SSSR count). The van der Waals surface area contributed by atoms with Gasteiger partial charge in [-0.3, -0.25) is 4.84 Å². The van der Waals surface area contributed by atoms with E-state index in [1.165, 1.54) is 6.07 Å². The van der Waals surface area contributed by atoms with Crippen LogP contribution in [0.1, 0.15) is 103 Å². The van der Waals surface area contributed by atoms with Crippen molar-refractivity contribution in [3.8, 4) is 11.1 Å². The van der Waals surface area contributed by atoms with Crippen LogP contribution in [0.5, 0.6) is 0 Å². The zero-order chi connectivity index (χ0) is 28.9. The van der Waals surface area contributed by atoms with Gasteiger partial charge >= 0.3 is 0 Å². The summed E-state index contributed by atoms with van der Waals surface area (Å²) in [6.45, 7) is 15.4. The van der Waals surface area contributed by atoms with Gasteiger partial charge < -0.3 is 0 Å². The lowest BCUT2D eigenvalue weighted by Crippen LogP contribution is -2.59. The highest BCUT2D eigenvalue weighted by Gasteiger charge is 2.46. The second-order valence-electron chi connectivity index (χ2n) is 12.8. The van der Waals surface area contributed by atoms with E-state index in [0.717, 1.165) is 62.5 Å². The summed E-state index contributed by atoms with van der Waals surface area (Å²) in [6, 6.07) is 10.7. The first-order valence-corrected chi connectivity index (χ1v) is 15.1. The number of allylic oxidation sites excluding steroid dienone is 5. The van der Waals surface area contributed by atoms with Crippen molar-refractivity contribution < 1.29 is 13.6 Å². The molecule has 2 aromatic rings. The fourth-order valence-corrected chi connectivity index (χ4v) is 6.77. The number of piperidine rings is 1. The Morgan fingerprint density at radius 3 is 2.27 bits per heavy atom. The van der Waals surface area contributed by atoms with Crippen LogP contribution in [0.25, 0.3) is 16.7 Å². The number of hydroxylamine groups is 2. The molecule has 4 heteroatoms. The van der Waals surface area contributed by atoms with E-state index in [9.17, 15) is 0 Å². The maximum Gasteiger partial charge on any atom is 0.131 e. The van der Waals surface area contributed by atoms with Gasteiger partial charge in [-0.2, -0.15) is 5.06 Å². The average molecular weight is 548 g/mol. The normalized spacial score (nSPS) is 21.5. The number of hydrogen-bond acceptors (Lipinski definition) is 2. The highest BCUT2D eigenvalue weighted by Crippen LogP contribution is 2.46. The summed E-state index contributed by atoms with van der Waals surface area (Å²) in [5.41, 5.74) is 3.35. The van der Waals surface area contributed by atoms with Crippen molar-refractivity contribution in [1.82, 2.24) is 5.06 Å². The Hall–Kier alpha value is -2.56. The highest BCUT2D eigenvalue weighted by molar-refractivity contribution is 5.72. The molecule has 0 spiro atoms. The quantitative estimate of drug-likeness (QED) is 0.217. The summed E-state index contributed by atoms with van der Waals surface area (Å²) in [5, 5.41) is 2.15. The van der Waals surface area contributed by atoms with Crippen molar-refractivity contribution in [3.05, 3.63) is 90.0 Å². The number of nitrogens with zero attached hydrogens (tertiary/aromatic N) is 1. The standard InChI is InChI=1S/C36H47F2NO/c1-7-9-10-11-12-26-13-15-27(16-14-26)31-20-18-29(23-34(31)38)32-19-17-28(22-33(32)37)30-24-35(3,4)39(40-21-8-2)36(5,6)25-30/h7,11-12,15,17-20,22-23,26,30H,1,8-10,13-14,16,21,24-25H2,2-6H3/b12-11+. The van der Waals surface area contributed by atoms with Crippen molar-refractivity contribution in [2.75, 3.05) is 6.61 Å². The SMILES string of the molecule is C=CCC/C=C/C1CC=C(c2ccc(-c3ccc(C4CC(C)(C)N(OCCC)C(C)(C)C4)cc3F)cc2F)CC1. The highest BCUT2D eigenvalue weighted by atomic mass is 19.1. The van der Waals surface area contributed by atoms with E-state index in [1.807, 2.05) is 30.3 Å². The Balaban J connectivity index is 1.48. The molecule has 1 atom stereocenters. The van der Waals surface area contributed by atoms with Crippen LogP contribution in [0.3, 0.4) is 0 Å². The third kappa shape index (κ3) is 7.01. The van der Waals surface area contributed by atoms with Crippen molar-refractivity contribution >= 4 is 5.57 Å². The summed E-state index contributed by atoms with van der Waals surface area (Å²) in [6.07, 6.45) is 16.2. The van der Waals surface area contributed by atoms with Crippen LogP contribution in [-0.2, 0) is 4.84 Å². The van der Waals surface area contributed by atoms with Crippen LogP contribution in [0, 0.1) is 17.6 Å². The van der Waals surface area contributed by atoms with Gasteiger partial charge in [0.25, 0.3) is 0 Å². The predicted molar refractivity (Wildman–Crippen MR) is 164 cm³/mol. The number of rotatable bonds is 10. The van der Waals surface area contributed by atoms with Gasteiger partial charge in [0, 0.05) is 22.2 Å². The number of hydrogen-bond donors (Lipinski definition) is 0. The molecule has 0 bridgehead atoms. The minimum Gasteiger partial charge on any atom is -0.298 e. The lowest BCUT2D eigenvalue weighted by Gasteiger charge is -2.54. The molecule has 40 heavy (non-hydrogen) atoms. The molecule has 1 heterocycles. The molecule has 1 aliphatic carbocycles. The van der Waals surface area contributed by atoms with Gasteiger partial charge in [-0.1, -0.05) is 55.5 Å². The number of benzene rings is 2. The molecule has 0 saturated carbocycles. The topological polar surface area (TPSA) is 12.5 Å². The molecular formula is C36H47F2NO. The molecule has 2 aromatic carbocycles. The third-order valence-corrected chi connectivity index (χ3v) is 8.50. The lowest BCUT2D eigenvalue weighted by molar-refractivity contribution is -0.283. The fraction of sp³-hybridized carbons (Fsp3) is 0.500. The first-order chi connectivity index (χ1) is 19.1. The second-order valence-corrected chi connectivity index (χ2v) is 12.8. The maximum atomic E-state index is 15.5. The summed E-state index contributed by atoms with van der Waals surface area (Å²) in [4.78, 5) is 6.15. The Labute approximate surface area is 240 Å². The average Bonchev–Trinajstić information content (AvgIpc) is 2.90. The molecule has 0 N–H and O–H groups in total. The zero-order valence-corrected chi connectivity index (χ0v) is 25.1. The molecule has 0 radical (unpaired) electrons.